The summed E-state index contributed by atoms with van der Waals surface area (Å²) in [5.74, 6) is 0.923. The fourth-order valence-electron chi connectivity index (χ4n) is 2.62. The highest BCUT2D eigenvalue weighted by Crippen LogP contribution is 2.28. The van der Waals surface area contributed by atoms with Gasteiger partial charge in [-0.25, -0.2) is 0 Å². The minimum absolute atomic E-state index is 0.0135. The molecule has 0 saturated carbocycles. The van der Waals surface area contributed by atoms with Gasteiger partial charge >= 0.3 is 0 Å². The molecule has 0 fully saturated rings. The first kappa shape index (κ1) is 16.1. The van der Waals surface area contributed by atoms with Crippen molar-refractivity contribution in [3.05, 3.63) is 70.9 Å². The topological polar surface area (TPSA) is 28.4 Å². The molecule has 0 bridgehead atoms. The van der Waals surface area contributed by atoms with Gasteiger partial charge in [0.2, 0.25) is 0 Å². The molecule has 2 aromatic carbocycles. The Hall–Kier alpha value is -1.81. The Kier molecular flexibility index (Phi) is 5.01. The van der Waals surface area contributed by atoms with E-state index in [-0.39, 0.29) is 6.04 Å². The average Bonchev–Trinajstić information content (AvgIpc) is 2.96. The lowest BCUT2D eigenvalue weighted by atomic mass is 10.0. The Morgan fingerprint density at radius 3 is 2.52 bits per heavy atom. The Labute approximate surface area is 141 Å². The summed E-state index contributed by atoms with van der Waals surface area (Å²) < 4.78 is 6.06. The molecule has 23 heavy (non-hydrogen) atoms. The fourth-order valence-corrected chi connectivity index (χ4v) is 2.74. The number of fused-ring (bicyclic) bond motifs is 1. The second-order valence-corrected chi connectivity index (χ2v) is 6.36. The van der Waals surface area contributed by atoms with Gasteiger partial charge in [-0.2, -0.15) is 0 Å². The number of nitrogens with one attached hydrogen (secondary N) is 1. The highest BCUT2D eigenvalue weighted by molar-refractivity contribution is 6.30. The van der Waals surface area contributed by atoms with Crippen LogP contribution < -0.4 is 5.32 Å². The molecule has 0 saturated heterocycles. The highest BCUT2D eigenvalue weighted by Gasteiger charge is 2.18. The first-order valence-electron chi connectivity index (χ1n) is 7.75. The molecule has 1 N–H and O–H groups in total. The number of rotatable bonds is 6. The molecule has 1 heterocycles. The maximum atomic E-state index is 6.06. The van der Waals surface area contributed by atoms with Gasteiger partial charge in [0, 0.05) is 23.5 Å². The van der Waals surface area contributed by atoms with Crippen LogP contribution in [0, 0.1) is 0 Å². The molecule has 3 aromatic rings. The molecule has 3 rings (SSSR count). The van der Waals surface area contributed by atoms with Crippen LogP contribution in [-0.4, -0.2) is 32.1 Å². The van der Waals surface area contributed by atoms with E-state index < -0.39 is 0 Å². The zero-order valence-corrected chi connectivity index (χ0v) is 14.2. The number of nitrogens with zero attached hydrogens (tertiary/aromatic N) is 1. The number of benzene rings is 2. The van der Waals surface area contributed by atoms with Crippen LogP contribution in [0.2, 0.25) is 5.02 Å². The first-order valence-corrected chi connectivity index (χ1v) is 8.13. The number of furan rings is 1. The number of halogens is 1. The van der Waals surface area contributed by atoms with Gasteiger partial charge in [0.15, 0.2) is 0 Å². The van der Waals surface area contributed by atoms with Crippen LogP contribution in [0.25, 0.3) is 11.0 Å². The van der Waals surface area contributed by atoms with Crippen molar-refractivity contribution in [3.63, 3.8) is 0 Å². The van der Waals surface area contributed by atoms with E-state index in [0.29, 0.717) is 0 Å². The lowest BCUT2D eigenvalue weighted by Crippen LogP contribution is -2.30. The number of hydrogen-bond donors (Lipinski definition) is 1. The third kappa shape index (κ3) is 3.94. The van der Waals surface area contributed by atoms with Crippen LogP contribution in [-0.2, 0) is 0 Å². The van der Waals surface area contributed by atoms with E-state index in [4.69, 9.17) is 16.0 Å². The lowest BCUT2D eigenvalue weighted by Gasteiger charge is -2.19. The van der Waals surface area contributed by atoms with E-state index in [9.17, 15) is 0 Å². The largest absolute Gasteiger partial charge is 0.459 e. The summed E-state index contributed by atoms with van der Waals surface area (Å²) in [7, 11) is 4.14. The maximum absolute atomic E-state index is 6.06. The van der Waals surface area contributed by atoms with Crippen molar-refractivity contribution in [2.75, 3.05) is 27.2 Å². The highest BCUT2D eigenvalue weighted by atomic mass is 35.5. The SMILES string of the molecule is CN(C)CCNC(c1ccc(Cl)cc1)c1cc2ccccc2o1. The molecule has 1 unspecified atom stereocenters. The molecule has 0 aliphatic rings. The average molecular weight is 329 g/mol. The van der Waals surface area contributed by atoms with E-state index in [1.165, 1.54) is 0 Å². The molecular formula is C19H21ClN2O. The summed E-state index contributed by atoms with van der Waals surface area (Å²) in [6.07, 6.45) is 0. The second kappa shape index (κ2) is 7.18. The van der Waals surface area contributed by atoms with Crippen molar-refractivity contribution in [1.82, 2.24) is 10.2 Å². The quantitative estimate of drug-likeness (QED) is 0.730. The number of para-hydroxylation sites is 1. The van der Waals surface area contributed by atoms with Crippen molar-refractivity contribution < 1.29 is 4.42 Å². The minimum Gasteiger partial charge on any atom is -0.459 e. The van der Waals surface area contributed by atoms with Gasteiger partial charge in [0.05, 0.1) is 6.04 Å². The van der Waals surface area contributed by atoms with Crippen molar-refractivity contribution in [2.24, 2.45) is 0 Å². The summed E-state index contributed by atoms with van der Waals surface area (Å²) in [4.78, 5) is 2.16. The van der Waals surface area contributed by atoms with Gasteiger partial charge in [-0.15, -0.1) is 0 Å². The van der Waals surface area contributed by atoms with E-state index in [1.54, 1.807) is 0 Å². The summed E-state index contributed by atoms with van der Waals surface area (Å²) >= 11 is 6.02. The van der Waals surface area contributed by atoms with Gasteiger partial charge in [0.25, 0.3) is 0 Å². The van der Waals surface area contributed by atoms with Crippen molar-refractivity contribution in [3.8, 4) is 0 Å². The van der Waals surface area contributed by atoms with Crippen molar-refractivity contribution in [1.29, 1.82) is 0 Å². The van der Waals surface area contributed by atoms with Gasteiger partial charge in [-0.1, -0.05) is 41.9 Å². The maximum Gasteiger partial charge on any atom is 0.134 e. The van der Waals surface area contributed by atoms with Gasteiger partial charge in [-0.05, 0) is 43.9 Å². The molecule has 1 aromatic heterocycles. The van der Waals surface area contributed by atoms with Crippen LogP contribution >= 0.6 is 11.6 Å². The molecule has 120 valence electrons. The fraction of sp³-hybridized carbons (Fsp3) is 0.263. The summed E-state index contributed by atoms with van der Waals surface area (Å²) in [5.41, 5.74) is 2.06. The van der Waals surface area contributed by atoms with Crippen LogP contribution in [0.1, 0.15) is 17.4 Å². The second-order valence-electron chi connectivity index (χ2n) is 5.93. The Bertz CT molecular complexity index is 731. The monoisotopic (exact) mass is 328 g/mol. The summed E-state index contributed by atoms with van der Waals surface area (Å²) in [6.45, 7) is 1.83. The Balaban J connectivity index is 1.91. The van der Waals surface area contributed by atoms with Gasteiger partial charge in [-0.3, -0.25) is 0 Å². The molecule has 0 aliphatic carbocycles. The van der Waals surface area contributed by atoms with Crippen molar-refractivity contribution in [2.45, 2.75) is 6.04 Å². The molecule has 4 heteroatoms. The lowest BCUT2D eigenvalue weighted by molar-refractivity contribution is 0.381. The molecule has 1 atom stereocenters. The van der Waals surface area contributed by atoms with E-state index in [0.717, 1.165) is 40.4 Å². The minimum atomic E-state index is 0.0135. The first-order chi connectivity index (χ1) is 11.1. The molecule has 0 aliphatic heterocycles. The molecule has 0 amide bonds. The van der Waals surface area contributed by atoms with Gasteiger partial charge in [0.1, 0.15) is 11.3 Å². The predicted molar refractivity (Wildman–Crippen MR) is 96.1 cm³/mol. The number of likely N-dealkylation sites (N-methyl/N-ethyl adjacent to an activating group) is 1. The third-order valence-corrected chi connectivity index (χ3v) is 4.09. The normalized spacial score (nSPS) is 12.9. The van der Waals surface area contributed by atoms with E-state index in [1.807, 2.05) is 42.5 Å². The summed E-state index contributed by atoms with van der Waals surface area (Å²) in [6, 6.07) is 18.1. The van der Waals surface area contributed by atoms with E-state index in [2.05, 4.69) is 36.4 Å². The summed E-state index contributed by atoms with van der Waals surface area (Å²) in [5, 5.41) is 5.45. The Morgan fingerprint density at radius 1 is 1.09 bits per heavy atom. The molecule has 3 nitrogen and oxygen atoms in total. The van der Waals surface area contributed by atoms with Crippen molar-refractivity contribution >= 4 is 22.6 Å². The standard InChI is InChI=1S/C19H21ClN2O/c1-22(2)12-11-21-19(14-7-9-16(20)10-8-14)18-13-15-5-3-4-6-17(15)23-18/h3-10,13,19,21H,11-12H2,1-2H3. The molecule has 0 radical (unpaired) electrons. The predicted octanol–water partition coefficient (Wildman–Crippen LogP) is 4.33. The zero-order chi connectivity index (χ0) is 16.2. The Morgan fingerprint density at radius 2 is 1.83 bits per heavy atom. The van der Waals surface area contributed by atoms with Gasteiger partial charge < -0.3 is 14.6 Å². The zero-order valence-electron chi connectivity index (χ0n) is 13.4. The van der Waals surface area contributed by atoms with Crippen LogP contribution in [0.3, 0.4) is 0 Å². The molecule has 0 spiro atoms. The third-order valence-electron chi connectivity index (χ3n) is 3.84. The van der Waals surface area contributed by atoms with Crippen LogP contribution in [0.5, 0.6) is 0 Å². The van der Waals surface area contributed by atoms with Crippen LogP contribution in [0.15, 0.2) is 59.0 Å². The number of hydrogen-bond acceptors (Lipinski definition) is 3. The van der Waals surface area contributed by atoms with E-state index >= 15 is 0 Å². The smallest absolute Gasteiger partial charge is 0.134 e. The van der Waals surface area contributed by atoms with Crippen LogP contribution in [0.4, 0.5) is 0 Å². The molecular weight excluding hydrogens is 308 g/mol.